The van der Waals surface area contributed by atoms with Crippen LogP contribution in [0.25, 0.3) is 0 Å². The van der Waals surface area contributed by atoms with Crippen molar-refractivity contribution in [2.24, 2.45) is 0 Å². The van der Waals surface area contributed by atoms with Gasteiger partial charge in [-0.05, 0) is 14.0 Å². The van der Waals surface area contributed by atoms with E-state index in [1.54, 1.807) is 7.05 Å². The van der Waals surface area contributed by atoms with E-state index >= 15 is 0 Å². The van der Waals surface area contributed by atoms with Crippen LogP contribution in [0.2, 0.25) is 0 Å². The Morgan fingerprint density at radius 2 is 2.28 bits per heavy atom. The molecule has 0 aliphatic carbocycles. The molecular formula is C9H15N3O4S2. The van der Waals surface area contributed by atoms with Gasteiger partial charge in [0.1, 0.15) is 0 Å². The van der Waals surface area contributed by atoms with Crippen LogP contribution in [0, 0.1) is 0 Å². The summed E-state index contributed by atoms with van der Waals surface area (Å²) in [7, 11) is -0.840. The standard InChI is InChI=1S/C9H15N3O4S2/c1-6(10-2)4-12-18(14,15)9-7(8(13)16-3)11-5-17-9/h5-6,10,12H,4H2,1-3H3. The smallest absolute Gasteiger partial charge is 0.358 e. The average molecular weight is 293 g/mol. The second-order valence-corrected chi connectivity index (χ2v) is 6.34. The summed E-state index contributed by atoms with van der Waals surface area (Å²) < 4.78 is 30.7. The van der Waals surface area contributed by atoms with E-state index in [0.29, 0.717) is 0 Å². The molecule has 0 spiro atoms. The molecule has 0 aliphatic heterocycles. The fraction of sp³-hybridized carbons (Fsp3) is 0.556. The number of nitrogens with one attached hydrogen (secondary N) is 2. The molecule has 0 aliphatic rings. The Kier molecular flexibility index (Phi) is 5.20. The van der Waals surface area contributed by atoms with Gasteiger partial charge in [-0.2, -0.15) is 0 Å². The van der Waals surface area contributed by atoms with Gasteiger partial charge in [0.15, 0.2) is 9.90 Å². The molecule has 1 heterocycles. The molecule has 1 unspecified atom stereocenters. The van der Waals surface area contributed by atoms with Crippen LogP contribution in [-0.2, 0) is 14.8 Å². The molecule has 1 aromatic heterocycles. The van der Waals surface area contributed by atoms with Crippen LogP contribution >= 0.6 is 11.3 Å². The minimum Gasteiger partial charge on any atom is -0.464 e. The van der Waals surface area contributed by atoms with Crippen molar-refractivity contribution in [3.8, 4) is 0 Å². The predicted molar refractivity (Wildman–Crippen MR) is 67.2 cm³/mol. The van der Waals surface area contributed by atoms with Crippen LogP contribution in [-0.4, -0.2) is 46.1 Å². The monoisotopic (exact) mass is 293 g/mol. The molecule has 1 atom stereocenters. The molecule has 0 aromatic carbocycles. The molecule has 0 amide bonds. The molecular weight excluding hydrogens is 278 g/mol. The highest BCUT2D eigenvalue weighted by molar-refractivity contribution is 7.91. The van der Waals surface area contributed by atoms with Gasteiger partial charge in [0.25, 0.3) is 10.0 Å². The van der Waals surface area contributed by atoms with Crippen LogP contribution in [0.3, 0.4) is 0 Å². The number of hydrogen-bond acceptors (Lipinski definition) is 7. The van der Waals surface area contributed by atoms with Gasteiger partial charge in [-0.25, -0.2) is 22.9 Å². The van der Waals surface area contributed by atoms with Crippen molar-refractivity contribution >= 4 is 27.3 Å². The van der Waals surface area contributed by atoms with Crippen LogP contribution in [0.15, 0.2) is 9.72 Å². The van der Waals surface area contributed by atoms with Gasteiger partial charge in [0, 0.05) is 12.6 Å². The number of ether oxygens (including phenoxy) is 1. The third kappa shape index (κ3) is 3.48. The molecule has 2 N–H and O–H groups in total. The van der Waals surface area contributed by atoms with Gasteiger partial charge in [0.2, 0.25) is 0 Å². The minimum absolute atomic E-state index is 0.0192. The Morgan fingerprint density at radius 1 is 1.61 bits per heavy atom. The first-order chi connectivity index (χ1) is 8.42. The molecule has 0 saturated carbocycles. The fourth-order valence-corrected chi connectivity index (χ4v) is 3.37. The largest absolute Gasteiger partial charge is 0.464 e. The van der Waals surface area contributed by atoms with Crippen molar-refractivity contribution in [2.45, 2.75) is 17.2 Å². The van der Waals surface area contributed by atoms with Gasteiger partial charge in [-0.1, -0.05) is 0 Å². The Bertz CT molecular complexity index is 512. The molecule has 9 heteroatoms. The van der Waals surface area contributed by atoms with E-state index in [9.17, 15) is 13.2 Å². The van der Waals surface area contributed by atoms with E-state index in [0.717, 1.165) is 11.3 Å². The molecule has 1 rings (SSSR count). The van der Waals surface area contributed by atoms with E-state index in [1.165, 1.54) is 12.6 Å². The lowest BCUT2D eigenvalue weighted by molar-refractivity contribution is 0.0590. The molecule has 0 saturated heterocycles. The number of sulfonamides is 1. The highest BCUT2D eigenvalue weighted by Crippen LogP contribution is 2.20. The van der Waals surface area contributed by atoms with Crippen molar-refractivity contribution < 1.29 is 17.9 Å². The second-order valence-electron chi connectivity index (χ2n) is 3.52. The lowest BCUT2D eigenvalue weighted by atomic mass is 10.4. The van der Waals surface area contributed by atoms with E-state index < -0.39 is 16.0 Å². The molecule has 0 fully saturated rings. The zero-order chi connectivity index (χ0) is 13.8. The predicted octanol–water partition coefficient (Wildman–Crippen LogP) is -0.184. The van der Waals surface area contributed by atoms with Crippen molar-refractivity contribution in [3.05, 3.63) is 11.2 Å². The molecule has 102 valence electrons. The number of likely N-dealkylation sites (N-methyl/N-ethyl adjacent to an activating group) is 1. The molecule has 0 bridgehead atoms. The molecule has 7 nitrogen and oxygen atoms in total. The number of nitrogens with zero attached hydrogens (tertiary/aromatic N) is 1. The Hall–Kier alpha value is -1.03. The maximum Gasteiger partial charge on any atom is 0.358 e. The summed E-state index contributed by atoms with van der Waals surface area (Å²) in [4.78, 5) is 15.1. The first kappa shape index (κ1) is 15.0. The summed E-state index contributed by atoms with van der Waals surface area (Å²) in [5.74, 6) is -0.765. The van der Waals surface area contributed by atoms with Crippen molar-refractivity contribution in [2.75, 3.05) is 20.7 Å². The maximum atomic E-state index is 12.0. The summed E-state index contributed by atoms with van der Waals surface area (Å²) in [5, 5.41) is 2.90. The Balaban J connectivity index is 2.92. The average Bonchev–Trinajstić information content (AvgIpc) is 2.85. The van der Waals surface area contributed by atoms with Crippen molar-refractivity contribution in [3.63, 3.8) is 0 Å². The third-order valence-electron chi connectivity index (χ3n) is 2.23. The normalized spacial score (nSPS) is 13.3. The number of thiazole rings is 1. The molecule has 1 aromatic rings. The first-order valence-corrected chi connectivity index (χ1v) is 7.47. The molecule has 0 radical (unpaired) electrons. The van der Waals surface area contributed by atoms with E-state index in [2.05, 4.69) is 19.8 Å². The Morgan fingerprint density at radius 3 is 2.83 bits per heavy atom. The summed E-state index contributed by atoms with van der Waals surface area (Å²) >= 11 is 0.877. The number of rotatable bonds is 6. The van der Waals surface area contributed by atoms with Gasteiger partial charge in [-0.3, -0.25) is 0 Å². The summed E-state index contributed by atoms with van der Waals surface area (Å²) in [6.45, 7) is 2.05. The van der Waals surface area contributed by atoms with E-state index in [1.807, 2.05) is 6.92 Å². The fourth-order valence-electron chi connectivity index (χ4n) is 1.06. The van der Waals surface area contributed by atoms with Gasteiger partial charge in [0.05, 0.1) is 12.6 Å². The lowest BCUT2D eigenvalue weighted by Crippen LogP contribution is -2.37. The highest BCUT2D eigenvalue weighted by Gasteiger charge is 2.26. The number of aromatic nitrogens is 1. The first-order valence-electron chi connectivity index (χ1n) is 5.11. The second kappa shape index (κ2) is 6.23. The maximum absolute atomic E-state index is 12.0. The quantitative estimate of drug-likeness (QED) is 0.706. The van der Waals surface area contributed by atoms with Crippen molar-refractivity contribution in [1.82, 2.24) is 15.0 Å². The Labute approximate surface area is 110 Å². The zero-order valence-corrected chi connectivity index (χ0v) is 11.9. The highest BCUT2D eigenvalue weighted by atomic mass is 32.2. The number of carbonyl (C=O) groups is 1. The van der Waals surface area contributed by atoms with E-state index in [4.69, 9.17) is 0 Å². The number of carbonyl (C=O) groups excluding carboxylic acids is 1. The van der Waals surface area contributed by atoms with Crippen LogP contribution < -0.4 is 10.0 Å². The third-order valence-corrected chi connectivity index (χ3v) is 5.02. The van der Waals surface area contributed by atoms with E-state index in [-0.39, 0.29) is 22.5 Å². The van der Waals surface area contributed by atoms with Crippen LogP contribution in [0.1, 0.15) is 17.4 Å². The van der Waals surface area contributed by atoms with Crippen LogP contribution in [0.5, 0.6) is 0 Å². The SMILES string of the molecule is CNC(C)CNS(=O)(=O)c1scnc1C(=O)OC. The minimum atomic E-state index is -3.74. The topological polar surface area (TPSA) is 97.4 Å². The number of esters is 1. The van der Waals surface area contributed by atoms with Gasteiger partial charge < -0.3 is 10.1 Å². The van der Waals surface area contributed by atoms with Crippen molar-refractivity contribution in [1.29, 1.82) is 0 Å². The summed E-state index contributed by atoms with van der Waals surface area (Å²) in [6, 6.07) is -0.0192. The zero-order valence-electron chi connectivity index (χ0n) is 10.3. The lowest BCUT2D eigenvalue weighted by Gasteiger charge is -2.11. The number of methoxy groups -OCH3 is 1. The molecule has 18 heavy (non-hydrogen) atoms. The van der Waals surface area contributed by atoms with Crippen LogP contribution in [0.4, 0.5) is 0 Å². The summed E-state index contributed by atoms with van der Waals surface area (Å²) in [5.41, 5.74) is 1.11. The number of hydrogen-bond donors (Lipinski definition) is 2. The van der Waals surface area contributed by atoms with Gasteiger partial charge >= 0.3 is 5.97 Å². The summed E-state index contributed by atoms with van der Waals surface area (Å²) in [6.07, 6.45) is 0. The van der Waals surface area contributed by atoms with Gasteiger partial charge in [-0.15, -0.1) is 11.3 Å².